The summed E-state index contributed by atoms with van der Waals surface area (Å²) in [5.74, 6) is 10.4. The van der Waals surface area contributed by atoms with Crippen molar-refractivity contribution in [3.8, 4) is 11.8 Å². The SMILES string of the molecule is CC#CC[C@@]12CCC[C@H]1[C@@H]1CCC3=CC(=O)CC[C@@H]3[C@H]1CC2. The van der Waals surface area contributed by atoms with Crippen molar-refractivity contribution in [2.45, 2.75) is 71.1 Å². The van der Waals surface area contributed by atoms with E-state index in [0.717, 1.165) is 42.9 Å². The second kappa shape index (κ2) is 5.55. The predicted molar refractivity (Wildman–Crippen MR) is 89.1 cm³/mol. The Morgan fingerprint density at radius 1 is 1.14 bits per heavy atom. The van der Waals surface area contributed by atoms with Crippen LogP contribution in [-0.4, -0.2) is 5.78 Å². The number of hydrogen-bond donors (Lipinski definition) is 0. The van der Waals surface area contributed by atoms with E-state index in [4.69, 9.17) is 0 Å². The smallest absolute Gasteiger partial charge is 0.155 e. The van der Waals surface area contributed by atoms with Crippen molar-refractivity contribution in [3.63, 3.8) is 0 Å². The minimum absolute atomic E-state index is 0.383. The van der Waals surface area contributed by atoms with Gasteiger partial charge in [-0.3, -0.25) is 4.79 Å². The molecule has 118 valence electrons. The molecular formula is C21H28O. The van der Waals surface area contributed by atoms with Gasteiger partial charge in [0.15, 0.2) is 5.78 Å². The molecule has 5 atom stereocenters. The zero-order valence-electron chi connectivity index (χ0n) is 13.9. The van der Waals surface area contributed by atoms with E-state index in [9.17, 15) is 4.79 Å². The van der Waals surface area contributed by atoms with Gasteiger partial charge in [-0.05, 0) is 87.0 Å². The molecule has 0 aliphatic heterocycles. The standard InChI is InChI=1S/C21H28O/c1-2-3-11-21-12-4-5-20(21)19-8-6-15-14-16(22)7-9-17(15)18(19)10-13-21/h14,17-20H,4-13H2,1H3/t17-,18+,19+,20-,21-/m0/s1. The lowest BCUT2D eigenvalue weighted by molar-refractivity contribution is -0.116. The zero-order valence-corrected chi connectivity index (χ0v) is 13.9. The van der Waals surface area contributed by atoms with Crippen LogP contribution in [0.3, 0.4) is 0 Å². The highest BCUT2D eigenvalue weighted by molar-refractivity contribution is 5.91. The molecule has 22 heavy (non-hydrogen) atoms. The molecule has 0 aromatic carbocycles. The van der Waals surface area contributed by atoms with E-state index >= 15 is 0 Å². The lowest BCUT2D eigenvalue weighted by Gasteiger charge is -2.53. The normalized spacial score (nSPS) is 43.3. The van der Waals surface area contributed by atoms with Crippen molar-refractivity contribution in [1.82, 2.24) is 0 Å². The molecule has 0 N–H and O–H groups in total. The van der Waals surface area contributed by atoms with E-state index in [0.29, 0.717) is 11.2 Å². The molecule has 4 aliphatic rings. The van der Waals surface area contributed by atoms with Crippen molar-refractivity contribution < 1.29 is 4.79 Å². The summed E-state index contributed by atoms with van der Waals surface area (Å²) in [5, 5.41) is 0. The van der Waals surface area contributed by atoms with E-state index in [1.54, 1.807) is 0 Å². The number of carbonyl (C=O) groups excluding carboxylic acids is 1. The Balaban J connectivity index is 1.60. The molecule has 0 radical (unpaired) electrons. The van der Waals surface area contributed by atoms with Gasteiger partial charge in [-0.15, -0.1) is 11.8 Å². The second-order valence-corrected chi connectivity index (χ2v) is 8.20. The van der Waals surface area contributed by atoms with Gasteiger partial charge >= 0.3 is 0 Å². The van der Waals surface area contributed by atoms with Crippen LogP contribution in [0, 0.1) is 40.9 Å². The Labute approximate surface area is 134 Å². The Morgan fingerprint density at radius 2 is 2.05 bits per heavy atom. The fraction of sp³-hybridized carbons (Fsp3) is 0.762. The summed E-state index contributed by atoms with van der Waals surface area (Å²) in [7, 11) is 0. The third-order valence-electron chi connectivity index (χ3n) is 7.44. The van der Waals surface area contributed by atoms with E-state index in [2.05, 4.69) is 11.8 Å². The number of hydrogen-bond acceptors (Lipinski definition) is 1. The molecular weight excluding hydrogens is 268 g/mol. The third kappa shape index (κ3) is 2.18. The molecule has 1 heteroatoms. The quantitative estimate of drug-likeness (QED) is 0.628. The molecule has 0 amide bonds. The summed E-state index contributed by atoms with van der Waals surface area (Å²) < 4.78 is 0. The number of ketones is 1. The van der Waals surface area contributed by atoms with Gasteiger partial charge in [0.25, 0.3) is 0 Å². The predicted octanol–water partition coefficient (Wildman–Crippen LogP) is 4.91. The summed E-state index contributed by atoms with van der Waals surface area (Å²) >= 11 is 0. The molecule has 0 spiro atoms. The van der Waals surface area contributed by atoms with Gasteiger partial charge in [-0.1, -0.05) is 12.0 Å². The fourth-order valence-corrected chi connectivity index (χ4v) is 6.55. The van der Waals surface area contributed by atoms with Crippen molar-refractivity contribution in [3.05, 3.63) is 11.6 Å². The van der Waals surface area contributed by atoms with E-state index in [1.807, 2.05) is 13.0 Å². The van der Waals surface area contributed by atoms with Gasteiger partial charge < -0.3 is 0 Å². The third-order valence-corrected chi connectivity index (χ3v) is 7.44. The Morgan fingerprint density at radius 3 is 2.91 bits per heavy atom. The highest BCUT2D eigenvalue weighted by atomic mass is 16.1. The molecule has 0 unspecified atom stereocenters. The van der Waals surface area contributed by atoms with E-state index in [-0.39, 0.29) is 0 Å². The molecule has 1 nitrogen and oxygen atoms in total. The van der Waals surface area contributed by atoms with E-state index in [1.165, 1.54) is 50.5 Å². The van der Waals surface area contributed by atoms with Crippen molar-refractivity contribution in [1.29, 1.82) is 0 Å². The zero-order chi connectivity index (χ0) is 15.2. The van der Waals surface area contributed by atoms with Crippen LogP contribution in [0.15, 0.2) is 11.6 Å². The van der Waals surface area contributed by atoms with E-state index < -0.39 is 0 Å². The molecule has 4 rings (SSSR count). The van der Waals surface area contributed by atoms with Crippen LogP contribution in [0.25, 0.3) is 0 Å². The largest absolute Gasteiger partial charge is 0.295 e. The lowest BCUT2D eigenvalue weighted by atomic mass is 9.51. The first kappa shape index (κ1) is 14.6. The molecule has 3 fully saturated rings. The Hall–Kier alpha value is -1.03. The van der Waals surface area contributed by atoms with Crippen LogP contribution in [0.5, 0.6) is 0 Å². The highest BCUT2D eigenvalue weighted by Crippen LogP contribution is 2.62. The number of rotatable bonds is 1. The fourth-order valence-electron chi connectivity index (χ4n) is 6.55. The monoisotopic (exact) mass is 296 g/mol. The topological polar surface area (TPSA) is 17.1 Å². The maximum Gasteiger partial charge on any atom is 0.155 e. The number of fused-ring (bicyclic) bond motifs is 5. The van der Waals surface area contributed by atoms with Crippen LogP contribution in [0.4, 0.5) is 0 Å². The van der Waals surface area contributed by atoms with Crippen molar-refractivity contribution >= 4 is 5.78 Å². The summed E-state index contributed by atoms with van der Waals surface area (Å²) in [6.07, 6.45) is 14.7. The van der Waals surface area contributed by atoms with Gasteiger partial charge in [0, 0.05) is 12.8 Å². The van der Waals surface area contributed by atoms with Crippen molar-refractivity contribution in [2.24, 2.45) is 29.1 Å². The Bertz CT molecular complexity index is 560. The summed E-state index contributed by atoms with van der Waals surface area (Å²) in [6, 6.07) is 0. The summed E-state index contributed by atoms with van der Waals surface area (Å²) in [5.41, 5.74) is 2.06. The lowest BCUT2D eigenvalue weighted by Crippen LogP contribution is -2.45. The van der Waals surface area contributed by atoms with Gasteiger partial charge in [-0.25, -0.2) is 0 Å². The highest BCUT2D eigenvalue weighted by Gasteiger charge is 2.53. The molecule has 0 aromatic heterocycles. The minimum atomic E-state index is 0.383. The maximum atomic E-state index is 11.7. The summed E-state index contributed by atoms with van der Waals surface area (Å²) in [6.45, 7) is 1.99. The molecule has 0 aromatic rings. The van der Waals surface area contributed by atoms with Crippen LogP contribution in [0.1, 0.15) is 71.1 Å². The number of carbonyl (C=O) groups is 1. The van der Waals surface area contributed by atoms with Gasteiger partial charge in [0.2, 0.25) is 0 Å². The Kier molecular flexibility index (Phi) is 3.67. The van der Waals surface area contributed by atoms with Crippen molar-refractivity contribution in [2.75, 3.05) is 0 Å². The molecule has 3 saturated carbocycles. The first-order valence-corrected chi connectivity index (χ1v) is 9.36. The molecule has 4 aliphatic carbocycles. The average molecular weight is 296 g/mol. The van der Waals surface area contributed by atoms with Crippen LogP contribution in [0.2, 0.25) is 0 Å². The maximum absolute atomic E-state index is 11.7. The van der Waals surface area contributed by atoms with Gasteiger partial charge in [0.05, 0.1) is 0 Å². The van der Waals surface area contributed by atoms with Crippen LogP contribution in [-0.2, 0) is 4.79 Å². The summed E-state index contributed by atoms with van der Waals surface area (Å²) in [4.78, 5) is 11.7. The van der Waals surface area contributed by atoms with Crippen LogP contribution >= 0.6 is 0 Å². The molecule has 0 bridgehead atoms. The first-order valence-electron chi connectivity index (χ1n) is 9.36. The van der Waals surface area contributed by atoms with Gasteiger partial charge in [0.1, 0.15) is 0 Å². The van der Waals surface area contributed by atoms with Gasteiger partial charge in [-0.2, -0.15) is 0 Å². The first-order chi connectivity index (χ1) is 10.7. The molecule has 0 heterocycles. The van der Waals surface area contributed by atoms with Crippen LogP contribution < -0.4 is 0 Å². The average Bonchev–Trinajstić information content (AvgIpc) is 2.96. The minimum Gasteiger partial charge on any atom is -0.295 e. The molecule has 0 saturated heterocycles. The number of allylic oxidation sites excluding steroid dienone is 1. The second-order valence-electron chi connectivity index (χ2n) is 8.20.